The second-order valence-electron chi connectivity index (χ2n) is 4.30. The second kappa shape index (κ2) is 6.32. The van der Waals surface area contributed by atoms with Crippen LogP contribution in [-0.4, -0.2) is 16.5 Å². The van der Waals surface area contributed by atoms with Gasteiger partial charge in [-0.1, -0.05) is 23.7 Å². The zero-order chi connectivity index (χ0) is 15.5. The summed E-state index contributed by atoms with van der Waals surface area (Å²) in [4.78, 5) is 3.83. The summed E-state index contributed by atoms with van der Waals surface area (Å²) in [5.74, 6) is -0.333. The lowest BCUT2D eigenvalue weighted by Gasteiger charge is -2.13. The number of aliphatic hydroxyl groups is 1. The molecule has 1 aromatic carbocycles. The van der Waals surface area contributed by atoms with E-state index in [1.165, 1.54) is 18.3 Å². The number of aromatic nitrogens is 1. The molecular formula is C14H11ClF3NO2. The summed E-state index contributed by atoms with van der Waals surface area (Å²) >= 11 is 5.94. The number of rotatable bonds is 4. The monoisotopic (exact) mass is 317 g/mol. The first kappa shape index (κ1) is 15.6. The van der Waals surface area contributed by atoms with E-state index >= 15 is 0 Å². The number of hydrogen-bond acceptors (Lipinski definition) is 3. The van der Waals surface area contributed by atoms with Gasteiger partial charge < -0.3 is 9.84 Å². The van der Waals surface area contributed by atoms with Crippen LogP contribution in [0, 0.1) is 0 Å². The van der Waals surface area contributed by atoms with Crippen LogP contribution in [0.25, 0.3) is 0 Å². The van der Waals surface area contributed by atoms with E-state index < -0.39 is 12.5 Å². The number of aliphatic hydroxyl groups excluding tert-OH is 1. The van der Waals surface area contributed by atoms with E-state index in [0.29, 0.717) is 16.1 Å². The fourth-order valence-electron chi connectivity index (χ4n) is 1.79. The van der Waals surface area contributed by atoms with Gasteiger partial charge in [-0.2, -0.15) is 0 Å². The van der Waals surface area contributed by atoms with E-state index in [0.717, 1.165) is 12.1 Å². The van der Waals surface area contributed by atoms with Crippen molar-refractivity contribution in [2.24, 2.45) is 0 Å². The number of pyridine rings is 1. The smallest absolute Gasteiger partial charge is 0.406 e. The highest BCUT2D eigenvalue weighted by Gasteiger charge is 2.31. The van der Waals surface area contributed by atoms with Crippen LogP contribution in [0.5, 0.6) is 5.75 Å². The minimum absolute atomic E-state index is 0.237. The molecule has 0 fully saturated rings. The van der Waals surface area contributed by atoms with Crippen molar-refractivity contribution in [3.63, 3.8) is 0 Å². The predicted molar refractivity (Wildman–Crippen MR) is 71.0 cm³/mol. The zero-order valence-corrected chi connectivity index (χ0v) is 11.4. The summed E-state index contributed by atoms with van der Waals surface area (Å²) in [5.41, 5.74) is 1.17. The second-order valence-corrected chi connectivity index (χ2v) is 4.71. The molecule has 1 atom stereocenters. The molecular weight excluding hydrogens is 307 g/mol. The Balaban J connectivity index is 2.06. The Hall–Kier alpha value is -1.79. The topological polar surface area (TPSA) is 42.4 Å². The third-order valence-electron chi connectivity index (χ3n) is 2.77. The minimum Gasteiger partial charge on any atom is -0.406 e. The molecule has 7 heteroatoms. The molecule has 0 aliphatic rings. The Morgan fingerprint density at radius 1 is 1.19 bits per heavy atom. The van der Waals surface area contributed by atoms with Crippen LogP contribution in [0.2, 0.25) is 5.02 Å². The van der Waals surface area contributed by atoms with Crippen LogP contribution < -0.4 is 4.74 Å². The number of ether oxygens (including phenoxy) is 1. The van der Waals surface area contributed by atoms with Crippen molar-refractivity contribution < 1.29 is 23.0 Å². The number of halogens is 4. The Kier molecular flexibility index (Phi) is 4.69. The van der Waals surface area contributed by atoms with Crippen LogP contribution in [0.4, 0.5) is 13.2 Å². The van der Waals surface area contributed by atoms with Crippen molar-refractivity contribution >= 4 is 11.6 Å². The molecule has 0 saturated carbocycles. The predicted octanol–water partition coefficient (Wildman–Crippen LogP) is 3.91. The molecule has 0 saturated heterocycles. The van der Waals surface area contributed by atoms with Crippen LogP contribution in [-0.2, 0) is 6.42 Å². The zero-order valence-electron chi connectivity index (χ0n) is 10.6. The van der Waals surface area contributed by atoms with Gasteiger partial charge in [0.2, 0.25) is 0 Å². The molecule has 1 heterocycles. The molecule has 2 aromatic rings. The Morgan fingerprint density at radius 2 is 1.86 bits per heavy atom. The lowest BCUT2D eigenvalue weighted by atomic mass is 10.0. The lowest BCUT2D eigenvalue weighted by Crippen LogP contribution is -2.17. The molecule has 0 radical (unpaired) electrons. The third-order valence-corrected chi connectivity index (χ3v) is 3.11. The number of alkyl halides is 3. The summed E-state index contributed by atoms with van der Waals surface area (Å²) in [6.45, 7) is 0. The number of nitrogens with zero attached hydrogens (tertiary/aromatic N) is 1. The van der Waals surface area contributed by atoms with Gasteiger partial charge in [-0.15, -0.1) is 13.2 Å². The van der Waals surface area contributed by atoms with Gasteiger partial charge in [0.25, 0.3) is 0 Å². The van der Waals surface area contributed by atoms with Crippen LogP contribution in [0.15, 0.2) is 42.7 Å². The molecule has 0 amide bonds. The summed E-state index contributed by atoms with van der Waals surface area (Å²) in [6.07, 6.45) is -2.37. The summed E-state index contributed by atoms with van der Waals surface area (Å²) < 4.78 is 39.9. The number of hydrogen-bond donors (Lipinski definition) is 1. The van der Waals surface area contributed by atoms with Gasteiger partial charge in [-0.25, -0.2) is 0 Å². The molecule has 3 nitrogen and oxygen atoms in total. The fraction of sp³-hybridized carbons (Fsp3) is 0.214. The molecule has 1 unspecified atom stereocenters. The largest absolute Gasteiger partial charge is 0.573 e. The van der Waals surface area contributed by atoms with Gasteiger partial charge in [0, 0.05) is 18.8 Å². The van der Waals surface area contributed by atoms with Crippen molar-refractivity contribution in [1.82, 2.24) is 4.98 Å². The maximum Gasteiger partial charge on any atom is 0.573 e. The first-order valence-electron chi connectivity index (χ1n) is 5.97. The average molecular weight is 318 g/mol. The molecule has 0 bridgehead atoms. The molecule has 21 heavy (non-hydrogen) atoms. The molecule has 112 valence electrons. The van der Waals surface area contributed by atoms with E-state index in [1.54, 1.807) is 12.3 Å². The summed E-state index contributed by atoms with van der Waals surface area (Å²) in [5, 5.41) is 10.5. The maximum atomic E-state index is 12.0. The molecule has 0 aliphatic carbocycles. The quantitative estimate of drug-likeness (QED) is 0.929. The van der Waals surface area contributed by atoms with Crippen LogP contribution in [0.1, 0.15) is 17.2 Å². The lowest BCUT2D eigenvalue weighted by molar-refractivity contribution is -0.274. The Morgan fingerprint density at radius 3 is 2.43 bits per heavy atom. The highest BCUT2D eigenvalue weighted by atomic mass is 35.5. The molecule has 2 rings (SSSR count). The van der Waals surface area contributed by atoms with Gasteiger partial charge in [-0.05, 0) is 29.3 Å². The van der Waals surface area contributed by atoms with Crippen LogP contribution in [0.3, 0.4) is 0 Å². The minimum atomic E-state index is -4.73. The first-order chi connectivity index (χ1) is 9.85. The summed E-state index contributed by atoms with van der Waals surface area (Å²) in [7, 11) is 0. The summed E-state index contributed by atoms with van der Waals surface area (Å²) in [6, 6.07) is 6.73. The molecule has 1 aromatic heterocycles. The van der Waals surface area contributed by atoms with Gasteiger partial charge in [0.15, 0.2) is 0 Å². The van der Waals surface area contributed by atoms with Crippen molar-refractivity contribution in [2.75, 3.05) is 0 Å². The normalized spacial score (nSPS) is 13.0. The van der Waals surface area contributed by atoms with E-state index in [-0.39, 0.29) is 12.2 Å². The van der Waals surface area contributed by atoms with Gasteiger partial charge in [0.1, 0.15) is 5.75 Å². The Bertz CT molecular complexity index is 602. The fourth-order valence-corrected chi connectivity index (χ4v) is 1.98. The number of benzene rings is 1. The molecule has 0 aliphatic heterocycles. The van der Waals surface area contributed by atoms with Crippen molar-refractivity contribution in [2.45, 2.75) is 18.9 Å². The standard InChI is InChI=1S/C14H11ClF3NO2/c15-12-8-19-6-5-10(12)7-13(20)9-1-3-11(4-2-9)21-14(16,17)18/h1-6,8,13,20H,7H2. The van der Waals surface area contributed by atoms with Gasteiger partial charge in [0.05, 0.1) is 11.1 Å². The third kappa shape index (κ3) is 4.61. The first-order valence-corrected chi connectivity index (χ1v) is 6.35. The van der Waals surface area contributed by atoms with E-state index in [2.05, 4.69) is 9.72 Å². The van der Waals surface area contributed by atoms with E-state index in [1.807, 2.05) is 0 Å². The maximum absolute atomic E-state index is 12.0. The Labute approximate surface area is 124 Å². The van der Waals surface area contributed by atoms with Crippen molar-refractivity contribution in [3.8, 4) is 5.75 Å². The highest BCUT2D eigenvalue weighted by Crippen LogP contribution is 2.26. The van der Waals surface area contributed by atoms with Crippen LogP contribution >= 0.6 is 11.6 Å². The van der Waals surface area contributed by atoms with Gasteiger partial charge in [-0.3, -0.25) is 4.98 Å². The van der Waals surface area contributed by atoms with Crippen molar-refractivity contribution in [1.29, 1.82) is 0 Å². The molecule has 0 spiro atoms. The van der Waals surface area contributed by atoms with Crippen molar-refractivity contribution in [3.05, 3.63) is 58.9 Å². The van der Waals surface area contributed by atoms with E-state index in [9.17, 15) is 18.3 Å². The average Bonchev–Trinajstić information content (AvgIpc) is 2.40. The highest BCUT2D eigenvalue weighted by molar-refractivity contribution is 6.31. The van der Waals surface area contributed by atoms with Gasteiger partial charge >= 0.3 is 6.36 Å². The molecule has 1 N–H and O–H groups in total. The van der Waals surface area contributed by atoms with E-state index in [4.69, 9.17) is 11.6 Å². The SMILES string of the molecule is OC(Cc1ccncc1Cl)c1ccc(OC(F)(F)F)cc1.